The summed E-state index contributed by atoms with van der Waals surface area (Å²) >= 11 is 0. The largest absolute Gasteiger partial charge is 0.508 e. The van der Waals surface area contributed by atoms with Crippen LogP contribution in [0.25, 0.3) is 0 Å². The van der Waals surface area contributed by atoms with Crippen LogP contribution in [0.15, 0.2) is 47.3 Å². The normalized spacial score (nSPS) is 27.8. The van der Waals surface area contributed by atoms with Crippen molar-refractivity contribution in [3.8, 4) is 0 Å². The number of hydrogen-bond donors (Lipinski definition) is 1. The molecule has 0 spiro atoms. The second kappa shape index (κ2) is 7.39. The van der Waals surface area contributed by atoms with Gasteiger partial charge in [-0.3, -0.25) is 9.69 Å². The Kier molecular flexibility index (Phi) is 5.24. The molecule has 2 unspecified atom stereocenters. The molecule has 3 aliphatic rings. The standard InChI is InChI=1S/C20H27NO3/c1-3-24-20(23)16-6-8-21(9-7-16)13-15-4-5-17-12-18(22)10-14(2)19(17)11-15/h4-5,10-12,14,16,19,22H,3,6-9,13H2,1-2H3. The first-order chi connectivity index (χ1) is 11.6. The zero-order valence-electron chi connectivity index (χ0n) is 14.6. The minimum absolute atomic E-state index is 0.0358. The van der Waals surface area contributed by atoms with Crippen molar-refractivity contribution in [3.05, 3.63) is 47.3 Å². The fraction of sp³-hybridized carbons (Fsp3) is 0.550. The van der Waals surface area contributed by atoms with E-state index in [0.717, 1.165) is 32.5 Å². The first-order valence-electron chi connectivity index (χ1n) is 8.97. The van der Waals surface area contributed by atoms with Gasteiger partial charge < -0.3 is 9.84 Å². The van der Waals surface area contributed by atoms with Gasteiger partial charge in [-0.15, -0.1) is 0 Å². The van der Waals surface area contributed by atoms with Crippen LogP contribution >= 0.6 is 0 Å². The lowest BCUT2D eigenvalue weighted by molar-refractivity contribution is -0.149. The van der Waals surface area contributed by atoms with E-state index in [2.05, 4.69) is 30.1 Å². The molecule has 3 rings (SSSR count). The Morgan fingerprint density at radius 3 is 2.75 bits per heavy atom. The molecule has 24 heavy (non-hydrogen) atoms. The van der Waals surface area contributed by atoms with Gasteiger partial charge in [0.1, 0.15) is 5.76 Å². The Bertz CT molecular complexity index is 606. The van der Waals surface area contributed by atoms with Crippen molar-refractivity contribution in [2.24, 2.45) is 17.8 Å². The topological polar surface area (TPSA) is 49.8 Å². The molecule has 0 aromatic heterocycles. The van der Waals surface area contributed by atoms with Gasteiger partial charge in [0.05, 0.1) is 12.5 Å². The van der Waals surface area contributed by atoms with Crippen LogP contribution in [0.3, 0.4) is 0 Å². The van der Waals surface area contributed by atoms with Gasteiger partial charge in [0.25, 0.3) is 0 Å². The minimum Gasteiger partial charge on any atom is -0.508 e. The number of hydrogen-bond acceptors (Lipinski definition) is 4. The Labute approximate surface area is 144 Å². The Morgan fingerprint density at radius 2 is 2.04 bits per heavy atom. The second-order valence-electron chi connectivity index (χ2n) is 7.00. The highest BCUT2D eigenvalue weighted by molar-refractivity contribution is 5.72. The summed E-state index contributed by atoms with van der Waals surface area (Å²) in [6.45, 7) is 7.29. The fourth-order valence-corrected chi connectivity index (χ4v) is 3.84. The van der Waals surface area contributed by atoms with Gasteiger partial charge in [0.15, 0.2) is 0 Å². The molecule has 0 aromatic rings. The molecule has 0 amide bonds. The van der Waals surface area contributed by atoms with Crippen LogP contribution in [0, 0.1) is 17.8 Å². The maximum atomic E-state index is 11.8. The van der Waals surface area contributed by atoms with Crippen molar-refractivity contribution in [2.45, 2.75) is 26.7 Å². The molecule has 0 radical (unpaired) electrons. The van der Waals surface area contributed by atoms with Crippen LogP contribution in [-0.2, 0) is 9.53 Å². The van der Waals surface area contributed by atoms with E-state index in [4.69, 9.17) is 4.74 Å². The number of nitrogens with zero attached hydrogens (tertiary/aromatic N) is 1. The maximum Gasteiger partial charge on any atom is 0.309 e. The average molecular weight is 329 g/mol. The second-order valence-corrected chi connectivity index (χ2v) is 7.00. The van der Waals surface area contributed by atoms with Crippen LogP contribution in [0.5, 0.6) is 0 Å². The Balaban J connectivity index is 1.55. The monoisotopic (exact) mass is 329 g/mol. The molecule has 1 heterocycles. The summed E-state index contributed by atoms with van der Waals surface area (Å²) in [5, 5.41) is 9.74. The van der Waals surface area contributed by atoms with Crippen molar-refractivity contribution >= 4 is 5.97 Å². The Hall–Kier alpha value is -1.81. The summed E-state index contributed by atoms with van der Waals surface area (Å²) in [6.07, 6.45) is 12.2. The first kappa shape index (κ1) is 17.0. The van der Waals surface area contributed by atoms with E-state index in [1.54, 1.807) is 0 Å². The van der Waals surface area contributed by atoms with Crippen LogP contribution in [0.2, 0.25) is 0 Å². The molecule has 4 heteroatoms. The quantitative estimate of drug-likeness (QED) is 0.803. The third kappa shape index (κ3) is 3.81. The fourth-order valence-electron chi connectivity index (χ4n) is 3.84. The lowest BCUT2D eigenvalue weighted by Crippen LogP contribution is -2.38. The van der Waals surface area contributed by atoms with Crippen LogP contribution in [-0.4, -0.2) is 42.2 Å². The summed E-state index contributed by atoms with van der Waals surface area (Å²) in [4.78, 5) is 14.2. The van der Waals surface area contributed by atoms with E-state index < -0.39 is 0 Å². The molecule has 2 atom stereocenters. The van der Waals surface area contributed by atoms with Crippen molar-refractivity contribution in [1.29, 1.82) is 0 Å². The van der Waals surface area contributed by atoms with E-state index in [1.165, 1.54) is 11.1 Å². The molecule has 1 aliphatic heterocycles. The zero-order chi connectivity index (χ0) is 17.1. The summed E-state index contributed by atoms with van der Waals surface area (Å²) in [5.41, 5.74) is 2.51. The number of piperidine rings is 1. The molecule has 0 aromatic carbocycles. The van der Waals surface area contributed by atoms with Crippen LogP contribution in [0.1, 0.15) is 26.7 Å². The van der Waals surface area contributed by atoms with Gasteiger partial charge in [0, 0.05) is 12.5 Å². The molecule has 4 nitrogen and oxygen atoms in total. The molecule has 1 N–H and O–H groups in total. The lowest BCUT2D eigenvalue weighted by Gasteiger charge is -2.33. The van der Waals surface area contributed by atoms with Gasteiger partial charge in [-0.25, -0.2) is 0 Å². The summed E-state index contributed by atoms with van der Waals surface area (Å²) in [5.74, 6) is 1.08. The number of ether oxygens (including phenoxy) is 1. The lowest BCUT2D eigenvalue weighted by atomic mass is 9.78. The van der Waals surface area contributed by atoms with Crippen LogP contribution in [0.4, 0.5) is 0 Å². The smallest absolute Gasteiger partial charge is 0.309 e. The molecule has 0 saturated carbocycles. The maximum absolute atomic E-state index is 11.8. The highest BCUT2D eigenvalue weighted by Gasteiger charge is 2.27. The van der Waals surface area contributed by atoms with E-state index in [1.807, 2.05) is 19.1 Å². The van der Waals surface area contributed by atoms with E-state index in [-0.39, 0.29) is 11.9 Å². The number of likely N-dealkylation sites (tertiary alicyclic amines) is 1. The minimum atomic E-state index is -0.0358. The van der Waals surface area contributed by atoms with Crippen LogP contribution < -0.4 is 0 Å². The number of allylic oxidation sites excluding steroid dienone is 5. The summed E-state index contributed by atoms with van der Waals surface area (Å²) in [6, 6.07) is 0. The van der Waals surface area contributed by atoms with Gasteiger partial charge in [0.2, 0.25) is 0 Å². The highest BCUT2D eigenvalue weighted by atomic mass is 16.5. The molecule has 1 saturated heterocycles. The number of fused-ring (bicyclic) bond motifs is 1. The summed E-state index contributed by atoms with van der Waals surface area (Å²) in [7, 11) is 0. The zero-order valence-corrected chi connectivity index (χ0v) is 14.6. The number of rotatable bonds is 4. The van der Waals surface area contributed by atoms with Crippen molar-refractivity contribution in [3.63, 3.8) is 0 Å². The summed E-state index contributed by atoms with van der Waals surface area (Å²) < 4.78 is 5.13. The van der Waals surface area contributed by atoms with Gasteiger partial charge in [-0.1, -0.05) is 25.2 Å². The predicted octanol–water partition coefficient (Wildman–Crippen LogP) is 3.39. The first-order valence-corrected chi connectivity index (χ1v) is 8.97. The van der Waals surface area contributed by atoms with Gasteiger partial charge >= 0.3 is 5.97 Å². The van der Waals surface area contributed by atoms with Crippen molar-refractivity contribution < 1.29 is 14.6 Å². The number of esters is 1. The van der Waals surface area contributed by atoms with E-state index in [9.17, 15) is 9.90 Å². The number of carbonyl (C=O) groups excluding carboxylic acids is 1. The van der Waals surface area contributed by atoms with Crippen molar-refractivity contribution in [1.82, 2.24) is 4.90 Å². The van der Waals surface area contributed by atoms with E-state index >= 15 is 0 Å². The molecule has 2 aliphatic carbocycles. The third-order valence-electron chi connectivity index (χ3n) is 5.20. The molecule has 1 fully saturated rings. The SMILES string of the molecule is CCOC(=O)C1CCN(CC2=CC3C(=CC(O)=CC3C)C=C2)CC1. The molecular formula is C20H27NO3. The Morgan fingerprint density at radius 1 is 1.29 bits per heavy atom. The van der Waals surface area contributed by atoms with Crippen molar-refractivity contribution in [2.75, 3.05) is 26.2 Å². The third-order valence-corrected chi connectivity index (χ3v) is 5.20. The van der Waals surface area contributed by atoms with E-state index in [0.29, 0.717) is 24.2 Å². The molecular weight excluding hydrogens is 302 g/mol. The number of aliphatic hydroxyl groups is 1. The number of aliphatic hydroxyl groups excluding tert-OH is 1. The molecule has 0 bridgehead atoms. The average Bonchev–Trinajstić information content (AvgIpc) is 2.56. The number of carbonyl (C=O) groups is 1. The van der Waals surface area contributed by atoms with Gasteiger partial charge in [-0.2, -0.15) is 0 Å². The highest BCUT2D eigenvalue weighted by Crippen LogP contribution is 2.34. The molecule has 130 valence electrons. The predicted molar refractivity (Wildman–Crippen MR) is 94.5 cm³/mol. The van der Waals surface area contributed by atoms with Gasteiger partial charge in [-0.05, 0) is 62.1 Å².